The second-order valence-corrected chi connectivity index (χ2v) is 4.68. The van der Waals surface area contributed by atoms with Gasteiger partial charge in [-0.1, -0.05) is 0 Å². The summed E-state index contributed by atoms with van der Waals surface area (Å²) in [6.07, 6.45) is -5.32. The third-order valence-corrected chi connectivity index (χ3v) is 1.88. The molecule has 102 valence electrons. The standard InChI is InChI=1S/C10H14F3N3O2/c1-9(2,3)18-8(17)16(4)7-5-6(14-15-7)10(11,12)13/h5H,1-4H3,(H,14,15). The van der Waals surface area contributed by atoms with Gasteiger partial charge in [0.2, 0.25) is 0 Å². The lowest BCUT2D eigenvalue weighted by Crippen LogP contribution is -2.34. The number of rotatable bonds is 1. The van der Waals surface area contributed by atoms with Crippen LogP contribution in [0.4, 0.5) is 23.8 Å². The predicted octanol–water partition coefficient (Wildman–Crippen LogP) is 2.80. The zero-order valence-electron chi connectivity index (χ0n) is 10.4. The minimum Gasteiger partial charge on any atom is -0.443 e. The van der Waals surface area contributed by atoms with E-state index in [1.54, 1.807) is 20.8 Å². The molecular formula is C10H14F3N3O2. The van der Waals surface area contributed by atoms with Gasteiger partial charge in [-0.05, 0) is 20.8 Å². The molecule has 0 radical (unpaired) electrons. The maximum atomic E-state index is 12.3. The Labute approximate surface area is 102 Å². The molecule has 1 heterocycles. The molecule has 0 aliphatic carbocycles. The number of amides is 1. The molecule has 0 aliphatic rings. The van der Waals surface area contributed by atoms with Crippen molar-refractivity contribution >= 4 is 11.9 Å². The summed E-state index contributed by atoms with van der Waals surface area (Å²) in [5, 5.41) is 5.22. The summed E-state index contributed by atoms with van der Waals surface area (Å²) in [7, 11) is 1.29. The average Bonchev–Trinajstić information content (AvgIpc) is 2.61. The zero-order valence-corrected chi connectivity index (χ0v) is 10.4. The lowest BCUT2D eigenvalue weighted by molar-refractivity contribution is -0.141. The van der Waals surface area contributed by atoms with Crippen LogP contribution in [0.25, 0.3) is 0 Å². The molecule has 1 rings (SSSR count). The molecule has 0 bridgehead atoms. The molecule has 18 heavy (non-hydrogen) atoms. The molecule has 1 aromatic rings. The quantitative estimate of drug-likeness (QED) is 0.849. The van der Waals surface area contributed by atoms with Crippen molar-refractivity contribution in [2.45, 2.75) is 32.5 Å². The number of nitrogens with zero attached hydrogens (tertiary/aromatic N) is 2. The van der Waals surface area contributed by atoms with Crippen LogP contribution in [0.1, 0.15) is 26.5 Å². The first kappa shape index (κ1) is 14.3. The fourth-order valence-electron chi connectivity index (χ4n) is 1.06. The topological polar surface area (TPSA) is 58.2 Å². The molecule has 0 aromatic carbocycles. The number of halogens is 3. The molecule has 5 nitrogen and oxygen atoms in total. The lowest BCUT2D eigenvalue weighted by Gasteiger charge is -2.23. The van der Waals surface area contributed by atoms with Gasteiger partial charge >= 0.3 is 12.3 Å². The fourth-order valence-corrected chi connectivity index (χ4v) is 1.06. The van der Waals surface area contributed by atoms with Crippen LogP contribution < -0.4 is 4.90 Å². The highest BCUT2D eigenvalue weighted by molar-refractivity contribution is 5.86. The summed E-state index contributed by atoms with van der Waals surface area (Å²) in [5.74, 6) is -0.0865. The minimum atomic E-state index is -4.55. The Morgan fingerprint density at radius 3 is 2.33 bits per heavy atom. The molecule has 0 atom stereocenters. The number of carbonyl (C=O) groups excluding carboxylic acids is 1. The van der Waals surface area contributed by atoms with Crippen LogP contribution in [0.15, 0.2) is 6.07 Å². The smallest absolute Gasteiger partial charge is 0.435 e. The van der Waals surface area contributed by atoms with Gasteiger partial charge in [-0.3, -0.25) is 10.00 Å². The molecule has 0 spiro atoms. The van der Waals surface area contributed by atoms with E-state index in [1.165, 1.54) is 7.05 Å². The number of nitrogens with one attached hydrogen (secondary N) is 1. The summed E-state index contributed by atoms with van der Waals surface area (Å²) in [6, 6.07) is 0.740. The summed E-state index contributed by atoms with van der Waals surface area (Å²) < 4.78 is 42.0. The molecule has 1 aromatic heterocycles. The second-order valence-electron chi connectivity index (χ2n) is 4.68. The largest absolute Gasteiger partial charge is 0.443 e. The Bertz CT molecular complexity index is 434. The minimum absolute atomic E-state index is 0.0865. The van der Waals surface area contributed by atoms with Crippen LogP contribution in [0.3, 0.4) is 0 Å². The molecular weight excluding hydrogens is 251 g/mol. The van der Waals surface area contributed by atoms with Gasteiger partial charge in [0, 0.05) is 13.1 Å². The van der Waals surface area contributed by atoms with Crippen molar-refractivity contribution in [2.75, 3.05) is 11.9 Å². The first-order chi connectivity index (χ1) is 8.00. The fraction of sp³-hybridized carbons (Fsp3) is 0.600. The van der Waals surface area contributed by atoms with E-state index >= 15 is 0 Å². The highest BCUT2D eigenvalue weighted by atomic mass is 19.4. The van der Waals surface area contributed by atoms with Gasteiger partial charge in [-0.15, -0.1) is 0 Å². The van der Waals surface area contributed by atoms with Gasteiger partial charge in [0.15, 0.2) is 5.69 Å². The van der Waals surface area contributed by atoms with E-state index in [1.807, 2.05) is 0 Å². The first-order valence-electron chi connectivity index (χ1n) is 5.10. The Hall–Kier alpha value is -1.73. The van der Waals surface area contributed by atoms with Crippen LogP contribution in [0.5, 0.6) is 0 Å². The van der Waals surface area contributed by atoms with Gasteiger partial charge in [0.05, 0.1) is 0 Å². The average molecular weight is 265 g/mol. The Morgan fingerprint density at radius 1 is 1.39 bits per heavy atom. The van der Waals surface area contributed by atoms with E-state index in [0.29, 0.717) is 0 Å². The van der Waals surface area contributed by atoms with Crippen LogP contribution in [-0.4, -0.2) is 28.9 Å². The SMILES string of the molecule is CN(C(=O)OC(C)(C)C)c1cc(C(F)(F)F)n[nH]1. The molecule has 1 amide bonds. The molecule has 0 saturated carbocycles. The maximum absolute atomic E-state index is 12.3. The van der Waals surface area contributed by atoms with Crippen molar-refractivity contribution in [3.05, 3.63) is 11.8 Å². The Balaban J connectivity index is 2.82. The van der Waals surface area contributed by atoms with Crippen molar-refractivity contribution in [3.63, 3.8) is 0 Å². The van der Waals surface area contributed by atoms with Crippen LogP contribution >= 0.6 is 0 Å². The maximum Gasteiger partial charge on any atom is 0.435 e. The van der Waals surface area contributed by atoms with Gasteiger partial charge in [-0.25, -0.2) is 4.79 Å². The number of alkyl halides is 3. The van der Waals surface area contributed by atoms with E-state index in [2.05, 4.69) is 10.2 Å². The zero-order chi connectivity index (χ0) is 14.1. The number of aromatic amines is 1. The summed E-state index contributed by atoms with van der Waals surface area (Å²) in [4.78, 5) is 12.5. The van der Waals surface area contributed by atoms with Crippen molar-refractivity contribution in [2.24, 2.45) is 0 Å². The molecule has 8 heteroatoms. The first-order valence-corrected chi connectivity index (χ1v) is 5.10. The number of anilines is 1. The highest BCUT2D eigenvalue weighted by Crippen LogP contribution is 2.29. The number of ether oxygens (including phenoxy) is 1. The highest BCUT2D eigenvalue weighted by Gasteiger charge is 2.35. The summed E-state index contributed by atoms with van der Waals surface area (Å²) in [6.45, 7) is 4.98. The van der Waals surface area contributed by atoms with E-state index < -0.39 is 23.6 Å². The van der Waals surface area contributed by atoms with Gasteiger partial charge < -0.3 is 4.74 Å². The number of aromatic nitrogens is 2. The van der Waals surface area contributed by atoms with Crippen molar-refractivity contribution < 1.29 is 22.7 Å². The summed E-state index contributed by atoms with van der Waals surface area (Å²) in [5.41, 5.74) is -1.81. The van der Waals surface area contributed by atoms with Crippen molar-refractivity contribution in [1.82, 2.24) is 10.2 Å². The summed E-state index contributed by atoms with van der Waals surface area (Å²) >= 11 is 0. The number of hydrogen-bond donors (Lipinski definition) is 1. The third-order valence-electron chi connectivity index (χ3n) is 1.88. The molecule has 0 aliphatic heterocycles. The van der Waals surface area contributed by atoms with Gasteiger partial charge in [0.25, 0.3) is 0 Å². The van der Waals surface area contributed by atoms with Crippen LogP contribution in [0.2, 0.25) is 0 Å². The van der Waals surface area contributed by atoms with Crippen molar-refractivity contribution in [3.8, 4) is 0 Å². The third kappa shape index (κ3) is 3.64. The molecule has 0 fully saturated rings. The number of carbonyl (C=O) groups is 1. The molecule has 0 unspecified atom stereocenters. The molecule has 1 N–H and O–H groups in total. The predicted molar refractivity (Wildman–Crippen MR) is 58.2 cm³/mol. The van der Waals surface area contributed by atoms with E-state index in [0.717, 1.165) is 11.0 Å². The van der Waals surface area contributed by atoms with E-state index in [-0.39, 0.29) is 5.82 Å². The Morgan fingerprint density at radius 2 is 1.94 bits per heavy atom. The van der Waals surface area contributed by atoms with E-state index in [4.69, 9.17) is 4.74 Å². The van der Waals surface area contributed by atoms with E-state index in [9.17, 15) is 18.0 Å². The monoisotopic (exact) mass is 265 g/mol. The van der Waals surface area contributed by atoms with Gasteiger partial charge in [0.1, 0.15) is 11.4 Å². The number of hydrogen-bond acceptors (Lipinski definition) is 3. The normalized spacial score (nSPS) is 12.4. The Kier molecular flexibility index (Phi) is 3.59. The van der Waals surface area contributed by atoms with Crippen LogP contribution in [0, 0.1) is 0 Å². The molecule has 0 saturated heterocycles. The van der Waals surface area contributed by atoms with Gasteiger partial charge in [-0.2, -0.15) is 18.3 Å². The second kappa shape index (κ2) is 4.51. The lowest BCUT2D eigenvalue weighted by atomic mass is 10.2. The van der Waals surface area contributed by atoms with Crippen molar-refractivity contribution in [1.29, 1.82) is 0 Å². The van der Waals surface area contributed by atoms with Crippen LogP contribution in [-0.2, 0) is 10.9 Å². The number of H-pyrrole nitrogens is 1.